The van der Waals surface area contributed by atoms with E-state index in [0.717, 1.165) is 58.3 Å². The second-order valence-corrected chi connectivity index (χ2v) is 9.44. The van der Waals surface area contributed by atoms with Crippen molar-refractivity contribution in [3.05, 3.63) is 35.4 Å². The van der Waals surface area contributed by atoms with Crippen LogP contribution >= 0.6 is 0 Å². The van der Waals surface area contributed by atoms with Gasteiger partial charge in [0.2, 0.25) is 5.91 Å². The van der Waals surface area contributed by atoms with E-state index in [4.69, 9.17) is 0 Å². The van der Waals surface area contributed by atoms with Gasteiger partial charge >= 0.3 is 0 Å². The molecule has 1 atom stereocenters. The molecule has 0 heterocycles. The topological polar surface area (TPSA) is 23.6 Å². The van der Waals surface area contributed by atoms with Gasteiger partial charge in [0.1, 0.15) is 0 Å². The molecule has 1 aromatic rings. The van der Waals surface area contributed by atoms with Gasteiger partial charge in [-0.25, -0.2) is 0 Å². The molecule has 1 unspecified atom stereocenters. The lowest BCUT2D eigenvalue weighted by molar-refractivity contribution is -0.134. The molecule has 0 aliphatic carbocycles. The molecule has 3 nitrogen and oxygen atoms in total. The highest BCUT2D eigenvalue weighted by molar-refractivity contribution is 5.76. The maximum atomic E-state index is 13.0. The highest BCUT2D eigenvalue weighted by Crippen LogP contribution is 2.23. The fraction of sp³-hybridized carbons (Fsp3) is 0.731. The number of unbranched alkanes of at least 4 members (excludes halogenated alkanes) is 2. The zero-order valence-electron chi connectivity index (χ0n) is 20.3. The van der Waals surface area contributed by atoms with Crippen molar-refractivity contribution in [3.8, 4) is 0 Å². The maximum absolute atomic E-state index is 13.0. The summed E-state index contributed by atoms with van der Waals surface area (Å²) in [6.45, 7) is 19.6. The van der Waals surface area contributed by atoms with Crippen LogP contribution in [0.15, 0.2) is 24.3 Å². The van der Waals surface area contributed by atoms with Gasteiger partial charge in [-0.3, -0.25) is 4.79 Å². The Labute approximate surface area is 180 Å². The van der Waals surface area contributed by atoms with Gasteiger partial charge in [0, 0.05) is 19.0 Å². The molecule has 1 amide bonds. The minimum atomic E-state index is 0.159. The molecule has 0 aliphatic heterocycles. The van der Waals surface area contributed by atoms with E-state index in [1.807, 2.05) is 0 Å². The molecule has 29 heavy (non-hydrogen) atoms. The monoisotopic (exact) mass is 402 g/mol. The number of amides is 1. The number of carbonyl (C=O) groups excluding carboxylic acids is 1. The molecular formula is C26H46N2O. The van der Waals surface area contributed by atoms with Gasteiger partial charge in [-0.1, -0.05) is 78.6 Å². The van der Waals surface area contributed by atoms with E-state index in [0.29, 0.717) is 12.3 Å². The predicted octanol–water partition coefficient (Wildman–Crippen LogP) is 6.40. The first-order valence-electron chi connectivity index (χ1n) is 11.8. The van der Waals surface area contributed by atoms with Crippen LogP contribution in [0.3, 0.4) is 0 Å². The molecule has 166 valence electrons. The Morgan fingerprint density at radius 3 is 2.10 bits per heavy atom. The van der Waals surface area contributed by atoms with E-state index in [-0.39, 0.29) is 11.5 Å². The van der Waals surface area contributed by atoms with E-state index in [9.17, 15) is 4.79 Å². The fourth-order valence-corrected chi connectivity index (χ4v) is 3.77. The van der Waals surface area contributed by atoms with Crippen LogP contribution in [0.2, 0.25) is 0 Å². The van der Waals surface area contributed by atoms with Gasteiger partial charge in [-0.05, 0) is 62.4 Å². The summed E-state index contributed by atoms with van der Waals surface area (Å²) in [6.07, 6.45) is 6.17. The Morgan fingerprint density at radius 1 is 0.966 bits per heavy atom. The predicted molar refractivity (Wildman–Crippen MR) is 126 cm³/mol. The zero-order valence-corrected chi connectivity index (χ0v) is 20.3. The summed E-state index contributed by atoms with van der Waals surface area (Å²) in [5.41, 5.74) is 2.73. The SMILES string of the molecule is CCCCCC(=O)N(Cc1ccc(C(C)(C)C)cc1)C(C)CCCN(CC)CC. The van der Waals surface area contributed by atoms with Crippen LogP contribution in [0.5, 0.6) is 0 Å². The summed E-state index contributed by atoms with van der Waals surface area (Å²) in [7, 11) is 0. The minimum Gasteiger partial charge on any atom is -0.336 e. The maximum Gasteiger partial charge on any atom is 0.223 e. The molecule has 1 aromatic carbocycles. The smallest absolute Gasteiger partial charge is 0.223 e. The Bertz CT molecular complexity index is 569. The van der Waals surface area contributed by atoms with Gasteiger partial charge in [-0.2, -0.15) is 0 Å². The Balaban J connectivity index is 2.80. The van der Waals surface area contributed by atoms with Gasteiger partial charge in [0.25, 0.3) is 0 Å². The van der Waals surface area contributed by atoms with E-state index >= 15 is 0 Å². The molecule has 0 fully saturated rings. The van der Waals surface area contributed by atoms with Crippen LogP contribution in [0.25, 0.3) is 0 Å². The van der Waals surface area contributed by atoms with Gasteiger partial charge < -0.3 is 9.80 Å². The van der Waals surface area contributed by atoms with E-state index in [1.165, 1.54) is 11.1 Å². The molecular weight excluding hydrogens is 356 g/mol. The largest absolute Gasteiger partial charge is 0.336 e. The van der Waals surface area contributed by atoms with Crippen molar-refractivity contribution in [3.63, 3.8) is 0 Å². The second kappa shape index (κ2) is 13.1. The van der Waals surface area contributed by atoms with E-state index in [1.54, 1.807) is 0 Å². The molecule has 1 rings (SSSR count). The Hall–Kier alpha value is -1.35. The number of hydrogen-bond donors (Lipinski definition) is 0. The number of carbonyl (C=O) groups is 1. The third-order valence-corrected chi connectivity index (χ3v) is 6.01. The van der Waals surface area contributed by atoms with Crippen molar-refractivity contribution in [1.82, 2.24) is 9.80 Å². The summed E-state index contributed by atoms with van der Waals surface area (Å²) in [4.78, 5) is 17.6. The van der Waals surface area contributed by atoms with Crippen molar-refractivity contribution in [2.45, 2.75) is 105 Å². The van der Waals surface area contributed by atoms with Crippen LogP contribution in [0.1, 0.15) is 98.1 Å². The first-order chi connectivity index (χ1) is 13.7. The lowest BCUT2D eigenvalue weighted by Gasteiger charge is -2.31. The van der Waals surface area contributed by atoms with Crippen LogP contribution in [-0.2, 0) is 16.8 Å². The Kier molecular flexibility index (Phi) is 11.6. The third kappa shape index (κ3) is 9.33. The normalized spacial score (nSPS) is 13.0. The molecule has 0 aromatic heterocycles. The fourth-order valence-electron chi connectivity index (χ4n) is 3.77. The van der Waals surface area contributed by atoms with E-state index in [2.05, 4.69) is 82.5 Å². The number of nitrogens with zero attached hydrogens (tertiary/aromatic N) is 2. The van der Waals surface area contributed by atoms with Crippen LogP contribution in [0, 0.1) is 0 Å². The van der Waals surface area contributed by atoms with E-state index < -0.39 is 0 Å². The van der Waals surface area contributed by atoms with Gasteiger partial charge in [0.05, 0.1) is 0 Å². The first-order valence-corrected chi connectivity index (χ1v) is 11.8. The lowest BCUT2D eigenvalue weighted by Crippen LogP contribution is -2.38. The van der Waals surface area contributed by atoms with Crippen LogP contribution in [0.4, 0.5) is 0 Å². The highest BCUT2D eigenvalue weighted by Gasteiger charge is 2.21. The minimum absolute atomic E-state index is 0.159. The summed E-state index contributed by atoms with van der Waals surface area (Å²) >= 11 is 0. The average molecular weight is 403 g/mol. The third-order valence-electron chi connectivity index (χ3n) is 6.01. The van der Waals surface area contributed by atoms with Crippen LogP contribution in [-0.4, -0.2) is 41.4 Å². The van der Waals surface area contributed by atoms with Crippen molar-refractivity contribution >= 4 is 5.91 Å². The number of benzene rings is 1. The van der Waals surface area contributed by atoms with Crippen molar-refractivity contribution in [1.29, 1.82) is 0 Å². The average Bonchev–Trinajstić information content (AvgIpc) is 2.69. The molecule has 0 spiro atoms. The molecule has 3 heteroatoms. The first kappa shape index (κ1) is 25.7. The lowest BCUT2D eigenvalue weighted by atomic mass is 9.86. The summed E-state index contributed by atoms with van der Waals surface area (Å²) < 4.78 is 0. The molecule has 0 saturated heterocycles. The quantitative estimate of drug-likeness (QED) is 0.356. The van der Waals surface area contributed by atoms with Gasteiger partial charge in [-0.15, -0.1) is 0 Å². The van der Waals surface area contributed by atoms with Crippen molar-refractivity contribution < 1.29 is 4.79 Å². The number of rotatable bonds is 13. The van der Waals surface area contributed by atoms with Crippen molar-refractivity contribution in [2.24, 2.45) is 0 Å². The molecule has 0 bridgehead atoms. The molecule has 0 aliphatic rings. The number of hydrogen-bond acceptors (Lipinski definition) is 2. The second-order valence-electron chi connectivity index (χ2n) is 9.44. The zero-order chi connectivity index (χ0) is 21.9. The molecule has 0 N–H and O–H groups in total. The molecule has 0 saturated carbocycles. The molecule has 0 radical (unpaired) electrons. The highest BCUT2D eigenvalue weighted by atomic mass is 16.2. The standard InChI is InChI=1S/C26H46N2O/c1-8-11-12-15-25(29)28(22(4)14-13-20-27(9-2)10-3)21-23-16-18-24(19-17-23)26(5,6)7/h16-19,22H,8-15,20-21H2,1-7H3. The summed E-state index contributed by atoms with van der Waals surface area (Å²) in [5.74, 6) is 0.314. The Morgan fingerprint density at radius 2 is 1.59 bits per heavy atom. The van der Waals surface area contributed by atoms with Gasteiger partial charge in [0.15, 0.2) is 0 Å². The van der Waals surface area contributed by atoms with Crippen molar-refractivity contribution in [2.75, 3.05) is 19.6 Å². The summed E-state index contributed by atoms with van der Waals surface area (Å²) in [5, 5.41) is 0. The van der Waals surface area contributed by atoms with Crippen LogP contribution < -0.4 is 0 Å². The summed E-state index contributed by atoms with van der Waals surface area (Å²) in [6, 6.07) is 9.13.